The Morgan fingerprint density at radius 2 is 2.07 bits per heavy atom. The standard InChI is InChI=1S/C17H16F5N5O/c18-7-16(19)4-13(25-8-16)15(28)24-6-11-3-12(27-9-26-11)10-1-2-14(23-5-10)17(20,21)22/h1-3,5,9,13,25H,4,6-8H2,(H,24,28)/t13-,16?/m0/s1. The third-order valence-corrected chi connectivity index (χ3v) is 4.31. The SMILES string of the molecule is O=C(NCc1cc(-c2ccc(C(F)(F)F)nc2)ncn1)[C@@H]1CC(F)(CF)CN1. The Balaban J connectivity index is 1.63. The van der Waals surface area contributed by atoms with Crippen LogP contribution < -0.4 is 10.6 Å². The fraction of sp³-hybridized carbons (Fsp3) is 0.412. The van der Waals surface area contributed by atoms with Crippen LogP contribution in [0.1, 0.15) is 17.8 Å². The predicted molar refractivity (Wildman–Crippen MR) is 88.3 cm³/mol. The molecule has 1 amide bonds. The van der Waals surface area contributed by atoms with Gasteiger partial charge < -0.3 is 10.6 Å². The number of halogens is 5. The van der Waals surface area contributed by atoms with Gasteiger partial charge >= 0.3 is 6.18 Å². The van der Waals surface area contributed by atoms with Crippen LogP contribution in [0.2, 0.25) is 0 Å². The lowest BCUT2D eigenvalue weighted by Crippen LogP contribution is -2.40. The smallest absolute Gasteiger partial charge is 0.349 e. The maximum absolute atomic E-state index is 13.8. The van der Waals surface area contributed by atoms with Gasteiger partial charge in [0.2, 0.25) is 5.91 Å². The highest BCUT2D eigenvalue weighted by molar-refractivity contribution is 5.82. The van der Waals surface area contributed by atoms with Crippen molar-refractivity contribution in [3.63, 3.8) is 0 Å². The summed E-state index contributed by atoms with van der Waals surface area (Å²) in [6.45, 7) is -1.41. The molecule has 0 aromatic carbocycles. The Labute approximate surface area is 156 Å². The lowest BCUT2D eigenvalue weighted by molar-refractivity contribution is -0.141. The molecule has 150 valence electrons. The minimum Gasteiger partial charge on any atom is -0.349 e. The quantitative estimate of drug-likeness (QED) is 0.752. The van der Waals surface area contributed by atoms with Gasteiger partial charge in [0, 0.05) is 24.7 Å². The second-order valence-corrected chi connectivity index (χ2v) is 6.46. The van der Waals surface area contributed by atoms with E-state index in [4.69, 9.17) is 0 Å². The van der Waals surface area contributed by atoms with E-state index in [2.05, 4.69) is 25.6 Å². The van der Waals surface area contributed by atoms with Crippen molar-refractivity contribution in [2.24, 2.45) is 0 Å². The van der Waals surface area contributed by atoms with E-state index in [0.29, 0.717) is 17.0 Å². The Hall–Kier alpha value is -2.69. The van der Waals surface area contributed by atoms with Crippen LogP contribution in [-0.4, -0.2) is 45.8 Å². The molecule has 6 nitrogen and oxygen atoms in total. The molecule has 1 saturated heterocycles. The summed E-state index contributed by atoms with van der Waals surface area (Å²) in [4.78, 5) is 23.4. The molecule has 0 radical (unpaired) electrons. The van der Waals surface area contributed by atoms with E-state index in [1.54, 1.807) is 0 Å². The number of rotatable bonds is 5. The minimum atomic E-state index is -4.53. The first-order chi connectivity index (χ1) is 13.2. The van der Waals surface area contributed by atoms with Gasteiger partial charge in [0.05, 0.1) is 24.0 Å². The maximum Gasteiger partial charge on any atom is 0.433 e. The van der Waals surface area contributed by atoms with Gasteiger partial charge in [0.1, 0.15) is 18.7 Å². The van der Waals surface area contributed by atoms with Gasteiger partial charge in [-0.25, -0.2) is 18.7 Å². The number of hydrogen-bond acceptors (Lipinski definition) is 5. The molecule has 2 N–H and O–H groups in total. The lowest BCUT2D eigenvalue weighted by atomic mass is 10.0. The molecular formula is C17H16F5N5O. The highest BCUT2D eigenvalue weighted by atomic mass is 19.4. The van der Waals surface area contributed by atoms with Crippen LogP contribution in [0, 0.1) is 0 Å². The summed E-state index contributed by atoms with van der Waals surface area (Å²) in [6, 6.07) is 2.73. The fourth-order valence-corrected chi connectivity index (χ4v) is 2.77. The molecule has 2 aromatic rings. The van der Waals surface area contributed by atoms with E-state index in [1.807, 2.05) is 0 Å². The number of hydrogen-bond donors (Lipinski definition) is 2. The summed E-state index contributed by atoms with van der Waals surface area (Å²) >= 11 is 0. The second kappa shape index (κ2) is 7.74. The molecule has 1 aliphatic rings. The van der Waals surface area contributed by atoms with E-state index in [-0.39, 0.29) is 19.5 Å². The molecule has 3 rings (SSSR count). The first-order valence-electron chi connectivity index (χ1n) is 8.31. The normalized spacial score (nSPS) is 22.2. The Bertz CT molecular complexity index is 845. The lowest BCUT2D eigenvalue weighted by Gasteiger charge is -2.13. The number of amides is 1. The molecule has 0 bridgehead atoms. The zero-order valence-electron chi connectivity index (χ0n) is 14.4. The Morgan fingerprint density at radius 3 is 2.68 bits per heavy atom. The summed E-state index contributed by atoms with van der Waals surface area (Å²) in [6.07, 6.45) is -2.54. The number of carbonyl (C=O) groups is 1. The van der Waals surface area contributed by atoms with Crippen LogP contribution in [0.3, 0.4) is 0 Å². The van der Waals surface area contributed by atoms with Crippen molar-refractivity contribution < 1.29 is 26.7 Å². The number of pyridine rings is 1. The highest BCUT2D eigenvalue weighted by Crippen LogP contribution is 2.28. The maximum atomic E-state index is 13.8. The number of carbonyl (C=O) groups excluding carboxylic acids is 1. The topological polar surface area (TPSA) is 79.8 Å². The molecule has 11 heteroatoms. The monoisotopic (exact) mass is 401 g/mol. The van der Waals surface area contributed by atoms with Gasteiger partial charge in [0.25, 0.3) is 0 Å². The van der Waals surface area contributed by atoms with Crippen LogP contribution in [0.5, 0.6) is 0 Å². The summed E-state index contributed by atoms with van der Waals surface area (Å²) < 4.78 is 64.2. The van der Waals surface area contributed by atoms with Crippen LogP contribution in [0.4, 0.5) is 22.0 Å². The van der Waals surface area contributed by atoms with Gasteiger partial charge in [-0.1, -0.05) is 0 Å². The number of nitrogens with zero attached hydrogens (tertiary/aromatic N) is 3. The molecule has 1 fully saturated rings. The average Bonchev–Trinajstić information content (AvgIpc) is 3.09. The average molecular weight is 401 g/mol. The third kappa shape index (κ3) is 4.58. The van der Waals surface area contributed by atoms with Crippen molar-refractivity contribution in [1.82, 2.24) is 25.6 Å². The molecule has 1 aliphatic heterocycles. The molecule has 1 unspecified atom stereocenters. The molecule has 2 aromatic heterocycles. The zero-order valence-corrected chi connectivity index (χ0v) is 14.4. The highest BCUT2D eigenvalue weighted by Gasteiger charge is 2.42. The van der Waals surface area contributed by atoms with E-state index in [0.717, 1.165) is 12.3 Å². The Morgan fingerprint density at radius 1 is 1.29 bits per heavy atom. The van der Waals surface area contributed by atoms with Gasteiger partial charge in [-0.2, -0.15) is 13.2 Å². The van der Waals surface area contributed by atoms with Crippen molar-refractivity contribution in [3.05, 3.63) is 42.1 Å². The third-order valence-electron chi connectivity index (χ3n) is 4.31. The van der Waals surface area contributed by atoms with Crippen LogP contribution in [0.15, 0.2) is 30.7 Å². The summed E-state index contributed by atoms with van der Waals surface area (Å²) in [5.41, 5.74) is -1.97. The molecule has 0 aliphatic carbocycles. The first-order valence-corrected chi connectivity index (χ1v) is 8.31. The predicted octanol–water partition coefficient (Wildman–Crippen LogP) is 2.21. The van der Waals surface area contributed by atoms with Crippen LogP contribution >= 0.6 is 0 Å². The van der Waals surface area contributed by atoms with Crippen molar-refractivity contribution in [2.45, 2.75) is 30.9 Å². The molecule has 2 atom stereocenters. The molecule has 0 saturated carbocycles. The van der Waals surface area contributed by atoms with Crippen molar-refractivity contribution in [2.75, 3.05) is 13.2 Å². The van der Waals surface area contributed by atoms with Gasteiger partial charge in [-0.3, -0.25) is 9.78 Å². The number of aromatic nitrogens is 3. The summed E-state index contributed by atoms with van der Waals surface area (Å²) in [5, 5.41) is 5.19. The van der Waals surface area contributed by atoms with Crippen LogP contribution in [0.25, 0.3) is 11.3 Å². The van der Waals surface area contributed by atoms with Crippen molar-refractivity contribution >= 4 is 5.91 Å². The number of nitrogens with one attached hydrogen (secondary N) is 2. The molecule has 0 spiro atoms. The van der Waals surface area contributed by atoms with Gasteiger partial charge in [0.15, 0.2) is 5.67 Å². The Kier molecular flexibility index (Phi) is 5.54. The van der Waals surface area contributed by atoms with E-state index < -0.39 is 36.2 Å². The largest absolute Gasteiger partial charge is 0.433 e. The van der Waals surface area contributed by atoms with E-state index >= 15 is 0 Å². The fourth-order valence-electron chi connectivity index (χ4n) is 2.77. The van der Waals surface area contributed by atoms with Gasteiger partial charge in [-0.15, -0.1) is 0 Å². The van der Waals surface area contributed by atoms with Crippen LogP contribution in [-0.2, 0) is 17.5 Å². The van der Waals surface area contributed by atoms with Gasteiger partial charge in [-0.05, 0) is 18.2 Å². The van der Waals surface area contributed by atoms with Crippen molar-refractivity contribution in [3.8, 4) is 11.3 Å². The number of alkyl halides is 5. The molecular weight excluding hydrogens is 385 g/mol. The van der Waals surface area contributed by atoms with Crippen molar-refractivity contribution in [1.29, 1.82) is 0 Å². The zero-order chi connectivity index (χ0) is 20.4. The summed E-state index contributed by atoms with van der Waals surface area (Å²) in [7, 11) is 0. The summed E-state index contributed by atoms with van der Waals surface area (Å²) in [5.74, 6) is -0.496. The molecule has 28 heavy (non-hydrogen) atoms. The first kappa shape index (κ1) is 20.1. The van der Waals surface area contributed by atoms with E-state index in [1.165, 1.54) is 18.5 Å². The minimum absolute atomic E-state index is 0.00446. The molecule has 3 heterocycles. The van der Waals surface area contributed by atoms with E-state index in [9.17, 15) is 26.7 Å². The second-order valence-electron chi connectivity index (χ2n) is 6.46.